The zero-order valence-corrected chi connectivity index (χ0v) is 12.3. The first-order valence-corrected chi connectivity index (χ1v) is 7.80. The maximum absolute atomic E-state index is 12.2. The largest absolute Gasteiger partial charge is 0.530 e. The summed E-state index contributed by atoms with van der Waals surface area (Å²) >= 11 is 1.02. The van der Waals surface area contributed by atoms with Gasteiger partial charge in [-0.05, 0) is 20.8 Å². The number of thiazole rings is 1. The summed E-state index contributed by atoms with van der Waals surface area (Å²) in [5, 5.41) is 0.451. The van der Waals surface area contributed by atoms with E-state index in [9.17, 15) is 4.57 Å². The van der Waals surface area contributed by atoms with Gasteiger partial charge in [-0.1, -0.05) is 11.3 Å². The van der Waals surface area contributed by atoms with Gasteiger partial charge in [-0.25, -0.2) is 4.57 Å². The summed E-state index contributed by atoms with van der Waals surface area (Å²) in [5.74, 6) is 0.194. The van der Waals surface area contributed by atoms with Crippen LogP contribution in [-0.2, 0) is 13.6 Å². The van der Waals surface area contributed by atoms with Gasteiger partial charge in [-0.3, -0.25) is 9.05 Å². The number of nitrogens with zero attached hydrogens (tertiary/aromatic N) is 1. The monoisotopic (exact) mass is 296 g/mol. The molecule has 0 saturated heterocycles. The SMILES string of the molecule is CCOc1nc(N)sc1OP(=O)(OCC)OCC. The number of hydrogen-bond acceptors (Lipinski definition) is 8. The number of nitrogens with two attached hydrogens (primary N) is 1. The van der Waals surface area contributed by atoms with Gasteiger partial charge in [0.25, 0.3) is 10.9 Å². The molecule has 0 aliphatic carbocycles. The number of ether oxygens (including phenoxy) is 1. The lowest BCUT2D eigenvalue weighted by Crippen LogP contribution is -2.03. The van der Waals surface area contributed by atoms with Crippen molar-refractivity contribution in [2.24, 2.45) is 0 Å². The van der Waals surface area contributed by atoms with Gasteiger partial charge in [0, 0.05) is 0 Å². The second kappa shape index (κ2) is 6.94. The molecule has 0 fully saturated rings. The zero-order chi connectivity index (χ0) is 13.6. The third kappa shape index (κ3) is 4.13. The lowest BCUT2D eigenvalue weighted by atomic mass is 10.8. The van der Waals surface area contributed by atoms with Crippen LogP contribution < -0.4 is 15.0 Å². The molecule has 0 aliphatic rings. The maximum atomic E-state index is 12.2. The van der Waals surface area contributed by atoms with E-state index in [1.165, 1.54) is 0 Å². The molecule has 0 bridgehead atoms. The lowest BCUT2D eigenvalue weighted by molar-refractivity contribution is 0.166. The molecular weight excluding hydrogens is 279 g/mol. The zero-order valence-electron chi connectivity index (χ0n) is 10.5. The Morgan fingerprint density at radius 2 is 1.83 bits per heavy atom. The van der Waals surface area contributed by atoms with Crippen molar-refractivity contribution < 1.29 is 22.9 Å². The molecule has 104 valence electrons. The normalized spacial score (nSPS) is 11.5. The average Bonchev–Trinajstić information content (AvgIpc) is 2.59. The highest BCUT2D eigenvalue weighted by molar-refractivity contribution is 7.49. The second-order valence-electron chi connectivity index (χ2n) is 2.95. The molecule has 0 radical (unpaired) electrons. The molecule has 18 heavy (non-hydrogen) atoms. The second-order valence-corrected chi connectivity index (χ2v) is 5.54. The minimum atomic E-state index is -3.64. The van der Waals surface area contributed by atoms with Crippen molar-refractivity contribution in [1.29, 1.82) is 0 Å². The van der Waals surface area contributed by atoms with E-state index in [0.29, 0.717) is 6.61 Å². The van der Waals surface area contributed by atoms with Gasteiger partial charge in [0.1, 0.15) is 0 Å². The number of anilines is 1. The molecule has 0 aliphatic heterocycles. The molecule has 9 heteroatoms. The quantitative estimate of drug-likeness (QED) is 0.737. The van der Waals surface area contributed by atoms with Crippen LogP contribution in [0.2, 0.25) is 0 Å². The van der Waals surface area contributed by atoms with Crippen molar-refractivity contribution in [2.45, 2.75) is 20.8 Å². The molecule has 2 N–H and O–H groups in total. The molecule has 1 rings (SSSR count). The minimum absolute atomic E-state index is 0.194. The van der Waals surface area contributed by atoms with Crippen LogP contribution in [0.5, 0.6) is 10.9 Å². The van der Waals surface area contributed by atoms with Crippen LogP contribution >= 0.6 is 19.2 Å². The molecule has 0 spiro atoms. The Morgan fingerprint density at radius 3 is 2.33 bits per heavy atom. The summed E-state index contributed by atoms with van der Waals surface area (Å²) in [6.07, 6.45) is 0. The predicted octanol–water partition coefficient (Wildman–Crippen LogP) is 2.68. The summed E-state index contributed by atoms with van der Waals surface area (Å²) < 4.78 is 32.7. The summed E-state index contributed by atoms with van der Waals surface area (Å²) in [7, 11) is -3.64. The first-order valence-electron chi connectivity index (χ1n) is 5.52. The molecule has 0 saturated carbocycles. The van der Waals surface area contributed by atoms with Crippen LogP contribution in [-0.4, -0.2) is 24.8 Å². The predicted molar refractivity (Wildman–Crippen MR) is 69.2 cm³/mol. The molecular formula is C9H17N2O5PS. The molecule has 0 aromatic carbocycles. The topological polar surface area (TPSA) is 92.9 Å². The van der Waals surface area contributed by atoms with Crippen molar-refractivity contribution in [2.75, 3.05) is 25.6 Å². The third-order valence-corrected chi connectivity index (χ3v) is 4.06. The van der Waals surface area contributed by atoms with Crippen LogP contribution in [0.25, 0.3) is 0 Å². The Balaban J connectivity index is 2.89. The Morgan fingerprint density at radius 1 is 1.22 bits per heavy atom. The smallest absolute Gasteiger partial charge is 0.475 e. The van der Waals surface area contributed by atoms with E-state index in [1.54, 1.807) is 20.8 Å². The number of aromatic nitrogens is 1. The fourth-order valence-electron chi connectivity index (χ4n) is 1.10. The Bertz CT molecular complexity index is 415. The van der Waals surface area contributed by atoms with Crippen LogP contribution in [0.3, 0.4) is 0 Å². The van der Waals surface area contributed by atoms with Gasteiger partial charge < -0.3 is 15.0 Å². The number of phosphoric acid groups is 1. The Hall–Kier alpha value is -0.820. The van der Waals surface area contributed by atoms with Crippen molar-refractivity contribution >= 4 is 24.3 Å². The lowest BCUT2D eigenvalue weighted by Gasteiger charge is -2.16. The Labute approximate surface area is 110 Å². The van der Waals surface area contributed by atoms with E-state index >= 15 is 0 Å². The number of phosphoric ester groups is 1. The van der Waals surface area contributed by atoms with Crippen molar-refractivity contribution in [3.8, 4) is 10.9 Å². The summed E-state index contributed by atoms with van der Waals surface area (Å²) in [5.41, 5.74) is 5.55. The van der Waals surface area contributed by atoms with E-state index in [-0.39, 0.29) is 29.3 Å². The van der Waals surface area contributed by atoms with Crippen LogP contribution in [0.15, 0.2) is 0 Å². The van der Waals surface area contributed by atoms with E-state index in [2.05, 4.69) is 4.98 Å². The van der Waals surface area contributed by atoms with E-state index in [4.69, 9.17) is 24.0 Å². The Kier molecular flexibility index (Phi) is 5.87. The van der Waals surface area contributed by atoms with Gasteiger partial charge in [0.15, 0.2) is 5.13 Å². The molecule has 7 nitrogen and oxygen atoms in total. The minimum Gasteiger partial charge on any atom is -0.475 e. The van der Waals surface area contributed by atoms with Crippen LogP contribution in [0.1, 0.15) is 20.8 Å². The fraction of sp³-hybridized carbons (Fsp3) is 0.667. The molecule has 1 heterocycles. The summed E-state index contributed by atoms with van der Waals surface area (Å²) in [6, 6.07) is 0. The summed E-state index contributed by atoms with van der Waals surface area (Å²) in [6.45, 7) is 5.99. The van der Waals surface area contributed by atoms with Gasteiger partial charge >= 0.3 is 7.82 Å². The van der Waals surface area contributed by atoms with Gasteiger partial charge in [-0.2, -0.15) is 4.98 Å². The van der Waals surface area contributed by atoms with Crippen molar-refractivity contribution in [3.63, 3.8) is 0 Å². The highest BCUT2D eigenvalue weighted by atomic mass is 32.1. The van der Waals surface area contributed by atoms with E-state index < -0.39 is 7.82 Å². The molecule has 0 amide bonds. The highest BCUT2D eigenvalue weighted by Crippen LogP contribution is 2.53. The van der Waals surface area contributed by atoms with Gasteiger partial charge in [0.2, 0.25) is 0 Å². The highest BCUT2D eigenvalue weighted by Gasteiger charge is 2.30. The first-order chi connectivity index (χ1) is 8.54. The average molecular weight is 296 g/mol. The third-order valence-electron chi connectivity index (χ3n) is 1.63. The number of hydrogen-bond donors (Lipinski definition) is 1. The van der Waals surface area contributed by atoms with Gasteiger partial charge in [-0.15, -0.1) is 0 Å². The van der Waals surface area contributed by atoms with Gasteiger partial charge in [0.05, 0.1) is 19.8 Å². The molecule has 0 unspecified atom stereocenters. The van der Waals surface area contributed by atoms with Crippen molar-refractivity contribution in [1.82, 2.24) is 4.98 Å². The molecule has 0 atom stereocenters. The number of nitrogen functional groups attached to an aromatic ring is 1. The fourth-order valence-corrected chi connectivity index (χ4v) is 3.13. The maximum Gasteiger partial charge on any atom is 0.530 e. The first kappa shape index (κ1) is 15.2. The molecule has 1 aromatic rings. The number of rotatable bonds is 8. The summed E-state index contributed by atoms with van der Waals surface area (Å²) in [4.78, 5) is 3.92. The standard InChI is InChI=1S/C9H17N2O5PS/c1-4-13-7-8(18-9(10)11-7)16-17(12,14-5-2)15-6-3/h4-6H2,1-3H3,(H2,10,11). The van der Waals surface area contributed by atoms with Crippen LogP contribution in [0, 0.1) is 0 Å². The van der Waals surface area contributed by atoms with E-state index in [0.717, 1.165) is 11.3 Å². The van der Waals surface area contributed by atoms with E-state index in [1.807, 2.05) is 0 Å². The van der Waals surface area contributed by atoms with Crippen molar-refractivity contribution in [3.05, 3.63) is 0 Å². The van der Waals surface area contributed by atoms with Crippen LogP contribution in [0.4, 0.5) is 5.13 Å². The molecule has 1 aromatic heterocycles.